The van der Waals surface area contributed by atoms with Crippen molar-refractivity contribution < 1.29 is 37.9 Å². The van der Waals surface area contributed by atoms with E-state index in [0.717, 1.165) is 77.0 Å². The molecule has 3 N–H and O–H groups in total. The van der Waals surface area contributed by atoms with Gasteiger partial charge in [-0.05, 0) is 57.8 Å². The van der Waals surface area contributed by atoms with E-state index >= 15 is 0 Å². The van der Waals surface area contributed by atoms with Crippen molar-refractivity contribution in [3.05, 3.63) is 60.8 Å². The highest BCUT2D eigenvalue weighted by molar-refractivity contribution is 7.47. The minimum absolute atomic E-state index is 0.0736. The third-order valence-electron chi connectivity index (χ3n) is 10.7. The number of rotatable bonds is 47. The highest BCUT2D eigenvalue weighted by Gasteiger charge is 2.23. The van der Waals surface area contributed by atoms with Crippen molar-refractivity contribution in [2.45, 2.75) is 232 Å². The molecule has 10 heteroatoms. The van der Waals surface area contributed by atoms with Crippen molar-refractivity contribution in [1.29, 1.82) is 0 Å². The Hall–Kier alpha value is -2.29. The molecule has 0 radical (unpaired) electrons. The fourth-order valence-electron chi connectivity index (χ4n) is 6.94. The molecule has 0 aliphatic heterocycles. The fourth-order valence-corrected chi connectivity index (χ4v) is 7.69. The van der Waals surface area contributed by atoms with Gasteiger partial charge in [-0.15, -0.1) is 0 Å². The number of carbonyl (C=O) groups is 2. The van der Waals surface area contributed by atoms with E-state index in [4.69, 9.17) is 13.8 Å². The number of ether oxygens (including phenoxy) is 1. The number of phosphoric ester groups is 1. The minimum Gasteiger partial charge on any atom is -0.463 e. The first-order valence-electron chi connectivity index (χ1n) is 25.3. The van der Waals surface area contributed by atoms with Gasteiger partial charge < -0.3 is 20.1 Å². The van der Waals surface area contributed by atoms with Crippen molar-refractivity contribution in [3.8, 4) is 0 Å². The molecule has 0 bridgehead atoms. The molecule has 0 fully saturated rings. The Morgan fingerprint density at radius 3 is 1.39 bits per heavy atom. The van der Waals surface area contributed by atoms with Crippen LogP contribution in [0, 0.1) is 0 Å². The molecule has 9 nitrogen and oxygen atoms in total. The molecule has 0 heterocycles. The highest BCUT2D eigenvalue weighted by atomic mass is 31.2. The Morgan fingerprint density at radius 2 is 0.919 bits per heavy atom. The van der Waals surface area contributed by atoms with Crippen molar-refractivity contribution in [1.82, 2.24) is 5.32 Å². The van der Waals surface area contributed by atoms with Crippen LogP contribution in [0.3, 0.4) is 0 Å². The summed E-state index contributed by atoms with van der Waals surface area (Å²) in [5.41, 5.74) is 0. The summed E-state index contributed by atoms with van der Waals surface area (Å²) < 4.78 is 27.0. The lowest BCUT2D eigenvalue weighted by molar-refractivity contribution is -0.147. The molecule has 2 atom stereocenters. The second-order valence-electron chi connectivity index (χ2n) is 16.8. The molecule has 0 aliphatic carbocycles. The van der Waals surface area contributed by atoms with Gasteiger partial charge in [0.1, 0.15) is 12.7 Å². The van der Waals surface area contributed by atoms with Gasteiger partial charge in [0.05, 0.1) is 13.2 Å². The predicted molar refractivity (Wildman–Crippen MR) is 261 cm³/mol. The average molecular weight is 892 g/mol. The lowest BCUT2D eigenvalue weighted by Gasteiger charge is -2.15. The zero-order valence-corrected chi connectivity index (χ0v) is 40.7. The Kier molecular flexibility index (Phi) is 46.4. The number of allylic oxidation sites excluding steroid dienone is 10. The fraction of sp³-hybridized carbons (Fsp3) is 0.769. The number of amides is 1. The van der Waals surface area contributed by atoms with Gasteiger partial charge in [0, 0.05) is 19.4 Å². The zero-order valence-electron chi connectivity index (χ0n) is 39.8. The zero-order chi connectivity index (χ0) is 45.3. The van der Waals surface area contributed by atoms with Crippen LogP contribution in [-0.4, -0.2) is 54.3 Å². The van der Waals surface area contributed by atoms with Gasteiger partial charge >= 0.3 is 13.8 Å². The quantitative estimate of drug-likeness (QED) is 0.0238. The molecule has 360 valence electrons. The van der Waals surface area contributed by atoms with Crippen LogP contribution >= 0.6 is 7.82 Å². The summed E-state index contributed by atoms with van der Waals surface area (Å²) in [6, 6.07) is 0. The molecule has 1 amide bonds. The SMILES string of the molecule is CC/C=C\C/C=C\C/C=C\C/C=C\C/C=C\CCCCCCCCCC(=O)NCCOP(=O)(O)OCC(O)COC(=O)CCCCCCCCCCCCCCCCCCCC. The number of hydrogen-bond donors (Lipinski definition) is 3. The predicted octanol–water partition coefficient (Wildman–Crippen LogP) is 14.8. The van der Waals surface area contributed by atoms with E-state index in [9.17, 15) is 24.2 Å². The van der Waals surface area contributed by atoms with Gasteiger partial charge in [-0.1, -0.05) is 216 Å². The Bertz CT molecular complexity index is 1200. The van der Waals surface area contributed by atoms with Gasteiger partial charge in [0.2, 0.25) is 5.91 Å². The van der Waals surface area contributed by atoms with Crippen molar-refractivity contribution >= 4 is 19.7 Å². The minimum atomic E-state index is -4.43. The largest absolute Gasteiger partial charge is 0.472 e. The van der Waals surface area contributed by atoms with Gasteiger partial charge in [-0.25, -0.2) is 4.57 Å². The van der Waals surface area contributed by atoms with Crippen LogP contribution in [0.5, 0.6) is 0 Å². The van der Waals surface area contributed by atoms with Crippen molar-refractivity contribution in [2.24, 2.45) is 0 Å². The Labute approximate surface area is 380 Å². The standard InChI is InChI=1S/C52H94NO8P/c1-3-5-7-9-11-13-15-17-19-21-23-24-25-26-27-28-30-32-34-36-38-40-42-44-51(55)53-46-47-60-62(57,58)61-49-50(54)48-59-52(56)45-43-41-39-37-35-33-31-29-22-20-18-16-14-12-10-8-6-4-2/h5,7,11,13,17,19,23-24,26-27,50,54H,3-4,6,8-10,12,14-16,18,20-22,25,28-49H2,1-2H3,(H,53,55)(H,57,58)/b7-5-,13-11-,19-17-,24-23-,27-26-. The number of esters is 1. The van der Waals surface area contributed by atoms with E-state index in [0.29, 0.717) is 6.42 Å². The first-order valence-corrected chi connectivity index (χ1v) is 26.8. The maximum absolute atomic E-state index is 12.1. The number of unbranched alkanes of at least 4 members (excludes halogenated alkanes) is 24. The second-order valence-corrected chi connectivity index (χ2v) is 18.2. The van der Waals surface area contributed by atoms with Gasteiger partial charge in [-0.3, -0.25) is 18.6 Å². The molecule has 0 aromatic heterocycles. The van der Waals surface area contributed by atoms with Crippen LogP contribution in [0.15, 0.2) is 60.8 Å². The molecule has 0 saturated carbocycles. The number of aliphatic hydroxyl groups is 1. The maximum Gasteiger partial charge on any atom is 0.472 e. The van der Waals surface area contributed by atoms with Crippen LogP contribution in [-0.2, 0) is 27.9 Å². The maximum atomic E-state index is 12.1. The monoisotopic (exact) mass is 892 g/mol. The molecule has 0 aromatic rings. The summed E-state index contributed by atoms with van der Waals surface area (Å²) in [5.74, 6) is -0.523. The smallest absolute Gasteiger partial charge is 0.463 e. The summed E-state index contributed by atoms with van der Waals surface area (Å²) in [5, 5.41) is 12.7. The normalized spacial score (nSPS) is 13.7. The Balaban J connectivity index is 3.59. The van der Waals surface area contributed by atoms with Gasteiger partial charge in [-0.2, -0.15) is 0 Å². The molecular weight excluding hydrogens is 798 g/mol. The van der Waals surface area contributed by atoms with Crippen LogP contribution in [0.1, 0.15) is 226 Å². The highest BCUT2D eigenvalue weighted by Crippen LogP contribution is 2.42. The third kappa shape index (κ3) is 48.7. The number of aliphatic hydroxyl groups excluding tert-OH is 1. The van der Waals surface area contributed by atoms with Gasteiger partial charge in [0.15, 0.2) is 0 Å². The molecule has 0 rings (SSSR count). The summed E-state index contributed by atoms with van der Waals surface area (Å²) >= 11 is 0. The lowest BCUT2D eigenvalue weighted by atomic mass is 10.0. The van der Waals surface area contributed by atoms with Crippen LogP contribution in [0.4, 0.5) is 0 Å². The average Bonchev–Trinajstić information content (AvgIpc) is 3.26. The van der Waals surface area contributed by atoms with Crippen molar-refractivity contribution in [3.63, 3.8) is 0 Å². The van der Waals surface area contributed by atoms with E-state index in [-0.39, 0.29) is 32.1 Å². The molecule has 0 aliphatic rings. The summed E-state index contributed by atoms with van der Waals surface area (Å²) in [7, 11) is -4.43. The molecule has 2 unspecified atom stereocenters. The van der Waals surface area contributed by atoms with Crippen molar-refractivity contribution in [2.75, 3.05) is 26.4 Å². The van der Waals surface area contributed by atoms with E-state index in [1.807, 2.05) is 0 Å². The second kappa shape index (κ2) is 48.2. The summed E-state index contributed by atoms with van der Waals surface area (Å²) in [6.07, 6.45) is 58.7. The summed E-state index contributed by atoms with van der Waals surface area (Å²) in [4.78, 5) is 34.1. The topological polar surface area (TPSA) is 131 Å². The lowest BCUT2D eigenvalue weighted by Crippen LogP contribution is -2.27. The third-order valence-corrected chi connectivity index (χ3v) is 11.7. The van der Waals surface area contributed by atoms with E-state index < -0.39 is 26.5 Å². The molecule has 62 heavy (non-hydrogen) atoms. The van der Waals surface area contributed by atoms with E-state index in [1.165, 1.54) is 122 Å². The number of carbonyl (C=O) groups excluding carboxylic acids is 2. The van der Waals surface area contributed by atoms with Crippen LogP contribution in [0.2, 0.25) is 0 Å². The molecular formula is C52H94NO8P. The molecule has 0 aromatic carbocycles. The van der Waals surface area contributed by atoms with E-state index in [1.54, 1.807) is 0 Å². The number of nitrogens with one attached hydrogen (secondary N) is 1. The molecule has 0 saturated heterocycles. The molecule has 0 spiro atoms. The van der Waals surface area contributed by atoms with E-state index in [2.05, 4.69) is 79.9 Å². The van der Waals surface area contributed by atoms with Gasteiger partial charge in [0.25, 0.3) is 0 Å². The van der Waals surface area contributed by atoms with Crippen LogP contribution in [0.25, 0.3) is 0 Å². The van der Waals surface area contributed by atoms with Crippen LogP contribution < -0.4 is 5.32 Å². The Morgan fingerprint density at radius 1 is 0.516 bits per heavy atom. The first kappa shape index (κ1) is 59.7. The first-order chi connectivity index (χ1) is 30.3. The summed E-state index contributed by atoms with van der Waals surface area (Å²) in [6.45, 7) is 3.45. The number of hydrogen-bond acceptors (Lipinski definition) is 7. The number of phosphoric acid groups is 1.